The summed E-state index contributed by atoms with van der Waals surface area (Å²) in [7, 11) is 2.04. The van der Waals surface area contributed by atoms with Crippen LogP contribution in [0.5, 0.6) is 0 Å². The highest BCUT2D eigenvalue weighted by molar-refractivity contribution is 6.16. The lowest BCUT2D eigenvalue weighted by atomic mass is 10.0. The van der Waals surface area contributed by atoms with E-state index in [0.29, 0.717) is 5.88 Å². The van der Waals surface area contributed by atoms with Crippen LogP contribution in [0.15, 0.2) is 12.4 Å². The van der Waals surface area contributed by atoms with Gasteiger partial charge in [-0.25, -0.2) is 4.98 Å². The van der Waals surface area contributed by atoms with Gasteiger partial charge >= 0.3 is 0 Å². The van der Waals surface area contributed by atoms with E-state index < -0.39 is 0 Å². The third-order valence-corrected chi connectivity index (χ3v) is 3.22. The van der Waals surface area contributed by atoms with Gasteiger partial charge in [-0.15, -0.1) is 11.6 Å². The van der Waals surface area contributed by atoms with Gasteiger partial charge in [-0.05, 0) is 20.3 Å². The summed E-state index contributed by atoms with van der Waals surface area (Å²) in [4.78, 5) is 10.7. The Bertz CT molecular complexity index is 308. The van der Waals surface area contributed by atoms with Gasteiger partial charge in [0.25, 0.3) is 0 Å². The Labute approximate surface area is 96.5 Å². The van der Waals surface area contributed by atoms with Crippen molar-refractivity contribution < 1.29 is 0 Å². The first-order valence-corrected chi connectivity index (χ1v) is 5.65. The van der Waals surface area contributed by atoms with E-state index in [0.717, 1.165) is 17.9 Å². The van der Waals surface area contributed by atoms with Gasteiger partial charge in [0.2, 0.25) is 0 Å². The van der Waals surface area contributed by atoms with Gasteiger partial charge in [0.15, 0.2) is 0 Å². The van der Waals surface area contributed by atoms with Crippen LogP contribution in [-0.4, -0.2) is 22.6 Å². The molecule has 1 aromatic heterocycles. The minimum Gasteiger partial charge on any atom is -0.353 e. The quantitative estimate of drug-likeness (QED) is 0.741. The first-order chi connectivity index (χ1) is 7.01. The maximum absolute atomic E-state index is 5.66. The van der Waals surface area contributed by atoms with Gasteiger partial charge in [0, 0.05) is 12.6 Å². The third kappa shape index (κ3) is 2.81. The summed E-state index contributed by atoms with van der Waals surface area (Å²) in [6.07, 6.45) is 4.56. The highest BCUT2D eigenvalue weighted by atomic mass is 35.5. The number of rotatable bonds is 4. The molecule has 0 fully saturated rings. The molecule has 15 heavy (non-hydrogen) atoms. The summed E-state index contributed by atoms with van der Waals surface area (Å²) in [6, 6.07) is 0. The fraction of sp³-hybridized carbons (Fsp3) is 0.636. The molecule has 0 atom stereocenters. The molecule has 0 saturated heterocycles. The molecule has 0 aromatic carbocycles. The molecule has 1 aromatic rings. The minimum absolute atomic E-state index is 0.0944. The van der Waals surface area contributed by atoms with Crippen LogP contribution in [0.4, 0.5) is 5.82 Å². The molecule has 0 spiro atoms. The molecule has 3 nitrogen and oxygen atoms in total. The monoisotopic (exact) mass is 227 g/mol. The summed E-state index contributed by atoms with van der Waals surface area (Å²) < 4.78 is 0. The number of aromatic nitrogens is 2. The average Bonchev–Trinajstić information content (AvgIpc) is 2.28. The number of alkyl halides is 1. The Kier molecular flexibility index (Phi) is 3.91. The van der Waals surface area contributed by atoms with Crippen LogP contribution in [0.3, 0.4) is 0 Å². The van der Waals surface area contributed by atoms with Crippen LogP contribution in [0, 0.1) is 0 Å². The maximum atomic E-state index is 5.66. The molecule has 0 unspecified atom stereocenters. The summed E-state index contributed by atoms with van der Waals surface area (Å²) >= 11 is 5.66. The molecular formula is C11H18ClN3. The molecule has 0 saturated carbocycles. The second-order valence-electron chi connectivity index (χ2n) is 4.22. The summed E-state index contributed by atoms with van der Waals surface area (Å²) in [5.74, 6) is 1.30. The van der Waals surface area contributed by atoms with Crippen LogP contribution in [-0.2, 0) is 5.88 Å². The number of nitrogens with zero attached hydrogens (tertiary/aromatic N) is 3. The molecule has 0 aliphatic heterocycles. The number of halogens is 1. The SMILES string of the molecule is CCC(C)(C)N(C)c1cnc(CCl)cn1. The Hall–Kier alpha value is -0.830. The molecule has 4 heteroatoms. The number of hydrogen-bond acceptors (Lipinski definition) is 3. The van der Waals surface area contributed by atoms with E-state index in [-0.39, 0.29) is 5.54 Å². The summed E-state index contributed by atoms with van der Waals surface area (Å²) in [6.45, 7) is 6.53. The normalized spacial score (nSPS) is 11.5. The molecule has 0 radical (unpaired) electrons. The fourth-order valence-corrected chi connectivity index (χ4v) is 1.28. The lowest BCUT2D eigenvalue weighted by Crippen LogP contribution is -2.41. The highest BCUT2D eigenvalue weighted by Gasteiger charge is 2.22. The van der Waals surface area contributed by atoms with Crippen LogP contribution < -0.4 is 4.90 Å². The number of hydrogen-bond donors (Lipinski definition) is 0. The Morgan fingerprint density at radius 3 is 2.40 bits per heavy atom. The third-order valence-electron chi connectivity index (χ3n) is 2.95. The van der Waals surface area contributed by atoms with E-state index in [1.807, 2.05) is 7.05 Å². The maximum Gasteiger partial charge on any atom is 0.147 e. The van der Waals surface area contributed by atoms with E-state index >= 15 is 0 Å². The lowest BCUT2D eigenvalue weighted by Gasteiger charge is -2.35. The number of anilines is 1. The summed E-state index contributed by atoms with van der Waals surface area (Å²) in [5, 5.41) is 0. The van der Waals surface area contributed by atoms with Gasteiger partial charge in [-0.1, -0.05) is 6.92 Å². The van der Waals surface area contributed by atoms with Crippen LogP contribution in [0.1, 0.15) is 32.9 Å². The topological polar surface area (TPSA) is 29.0 Å². The Balaban J connectivity index is 2.87. The van der Waals surface area contributed by atoms with Crippen molar-refractivity contribution in [1.82, 2.24) is 9.97 Å². The van der Waals surface area contributed by atoms with E-state index in [4.69, 9.17) is 11.6 Å². The van der Waals surface area contributed by atoms with Crippen molar-refractivity contribution in [2.75, 3.05) is 11.9 Å². The van der Waals surface area contributed by atoms with E-state index in [9.17, 15) is 0 Å². The van der Waals surface area contributed by atoms with E-state index in [1.54, 1.807) is 12.4 Å². The summed E-state index contributed by atoms with van der Waals surface area (Å²) in [5.41, 5.74) is 0.903. The molecule has 1 heterocycles. The standard InChI is InChI=1S/C11H18ClN3/c1-5-11(2,3)15(4)10-8-13-9(6-12)7-14-10/h7-8H,5-6H2,1-4H3. The van der Waals surface area contributed by atoms with Crippen molar-refractivity contribution in [3.05, 3.63) is 18.1 Å². The zero-order valence-corrected chi connectivity index (χ0v) is 10.5. The first kappa shape index (κ1) is 12.2. The molecule has 84 valence electrons. The van der Waals surface area contributed by atoms with Crippen molar-refractivity contribution in [3.8, 4) is 0 Å². The minimum atomic E-state index is 0.0944. The van der Waals surface area contributed by atoms with Crippen molar-refractivity contribution >= 4 is 17.4 Å². The van der Waals surface area contributed by atoms with E-state index in [1.165, 1.54) is 0 Å². The van der Waals surface area contributed by atoms with Gasteiger partial charge in [0.05, 0.1) is 24.0 Å². The van der Waals surface area contributed by atoms with Crippen LogP contribution in [0.25, 0.3) is 0 Å². The second kappa shape index (κ2) is 4.79. The smallest absolute Gasteiger partial charge is 0.147 e. The highest BCUT2D eigenvalue weighted by Crippen LogP contribution is 2.22. The van der Waals surface area contributed by atoms with Gasteiger partial charge in [-0.2, -0.15) is 0 Å². The van der Waals surface area contributed by atoms with Gasteiger partial charge in [-0.3, -0.25) is 4.98 Å². The first-order valence-electron chi connectivity index (χ1n) is 5.12. The molecule has 0 aliphatic carbocycles. The molecule has 0 amide bonds. The predicted molar refractivity (Wildman–Crippen MR) is 64.4 cm³/mol. The van der Waals surface area contributed by atoms with Crippen molar-refractivity contribution in [2.45, 2.75) is 38.6 Å². The molecule has 1 rings (SSSR count). The predicted octanol–water partition coefficient (Wildman–Crippen LogP) is 2.84. The molecule has 0 N–H and O–H groups in total. The second-order valence-corrected chi connectivity index (χ2v) is 4.49. The zero-order valence-electron chi connectivity index (χ0n) is 9.79. The lowest BCUT2D eigenvalue weighted by molar-refractivity contribution is 0.466. The van der Waals surface area contributed by atoms with Crippen molar-refractivity contribution in [2.24, 2.45) is 0 Å². The van der Waals surface area contributed by atoms with Crippen molar-refractivity contribution in [3.63, 3.8) is 0 Å². The van der Waals surface area contributed by atoms with Gasteiger partial charge in [0.1, 0.15) is 5.82 Å². The Morgan fingerprint density at radius 1 is 1.33 bits per heavy atom. The van der Waals surface area contributed by atoms with Gasteiger partial charge < -0.3 is 4.90 Å². The molecular weight excluding hydrogens is 210 g/mol. The zero-order chi connectivity index (χ0) is 11.5. The van der Waals surface area contributed by atoms with Crippen LogP contribution in [0.2, 0.25) is 0 Å². The van der Waals surface area contributed by atoms with E-state index in [2.05, 4.69) is 35.6 Å². The largest absolute Gasteiger partial charge is 0.353 e. The fourth-order valence-electron chi connectivity index (χ4n) is 1.14. The van der Waals surface area contributed by atoms with Crippen LogP contribution >= 0.6 is 11.6 Å². The molecule has 0 bridgehead atoms. The molecule has 0 aliphatic rings. The average molecular weight is 228 g/mol. The Morgan fingerprint density at radius 2 is 2.00 bits per heavy atom. The van der Waals surface area contributed by atoms with Crippen molar-refractivity contribution in [1.29, 1.82) is 0 Å².